The zero-order valence-electron chi connectivity index (χ0n) is 18.5. The molecule has 1 atom stereocenters. The van der Waals surface area contributed by atoms with Crippen LogP contribution in [0.15, 0.2) is 59.5 Å². The van der Waals surface area contributed by atoms with Gasteiger partial charge in [0, 0.05) is 49.7 Å². The maximum absolute atomic E-state index is 12.7. The summed E-state index contributed by atoms with van der Waals surface area (Å²) in [7, 11) is 1.34. The Morgan fingerprint density at radius 3 is 2.34 bits per heavy atom. The highest BCUT2D eigenvalue weighted by Crippen LogP contribution is 2.27. The van der Waals surface area contributed by atoms with Crippen LogP contribution in [0.3, 0.4) is 0 Å². The van der Waals surface area contributed by atoms with Gasteiger partial charge in [0.05, 0.1) is 12.7 Å². The number of hydrogen-bond donors (Lipinski definition) is 1. The van der Waals surface area contributed by atoms with Gasteiger partial charge in [-0.15, -0.1) is 11.8 Å². The molecule has 1 saturated heterocycles. The minimum Gasteiger partial charge on any atom is -0.468 e. The van der Waals surface area contributed by atoms with Crippen LogP contribution in [0.4, 0.5) is 5.69 Å². The van der Waals surface area contributed by atoms with Gasteiger partial charge in [-0.1, -0.05) is 30.3 Å². The fraction of sp³-hybridized carbons (Fsp3) is 0.375. The van der Waals surface area contributed by atoms with Gasteiger partial charge in [0.25, 0.3) is 5.91 Å². The lowest BCUT2D eigenvalue weighted by atomic mass is 10.2. The fourth-order valence-corrected chi connectivity index (χ4v) is 4.57. The monoisotopic (exact) mass is 455 g/mol. The number of amides is 2. The van der Waals surface area contributed by atoms with E-state index in [0.29, 0.717) is 23.5 Å². The quantitative estimate of drug-likeness (QED) is 0.487. The first-order valence-corrected chi connectivity index (χ1v) is 11.6. The summed E-state index contributed by atoms with van der Waals surface area (Å²) in [4.78, 5) is 41.8. The summed E-state index contributed by atoms with van der Waals surface area (Å²) in [6.45, 7) is 4.94. The van der Waals surface area contributed by atoms with Gasteiger partial charge in [-0.3, -0.25) is 14.4 Å². The second-order valence-corrected chi connectivity index (χ2v) is 8.87. The number of para-hydroxylation sites is 1. The predicted octanol–water partition coefficient (Wildman–Crippen LogP) is 2.81. The Hall–Kier alpha value is -3.00. The SMILES string of the molecule is COC(=O)C(C)Sc1ccccc1C(=O)NCCC(=O)N1CCN(c2ccccc2)CC1. The molecule has 0 bridgehead atoms. The number of esters is 1. The molecule has 1 aliphatic rings. The van der Waals surface area contributed by atoms with Crippen LogP contribution in [-0.2, 0) is 14.3 Å². The molecule has 0 aliphatic carbocycles. The van der Waals surface area contributed by atoms with Crippen LogP contribution in [0.5, 0.6) is 0 Å². The van der Waals surface area contributed by atoms with Gasteiger partial charge in [0.15, 0.2) is 0 Å². The number of anilines is 1. The standard InChI is InChI=1S/C24H29N3O4S/c1-18(24(30)31-2)32-21-11-7-6-10-20(21)23(29)25-13-12-22(28)27-16-14-26(15-17-27)19-8-4-3-5-9-19/h3-11,18H,12-17H2,1-2H3,(H,25,29). The summed E-state index contributed by atoms with van der Waals surface area (Å²) in [6.07, 6.45) is 0.255. The van der Waals surface area contributed by atoms with Crippen LogP contribution in [0.25, 0.3) is 0 Å². The summed E-state index contributed by atoms with van der Waals surface area (Å²) >= 11 is 1.28. The molecule has 3 rings (SSSR count). The highest BCUT2D eigenvalue weighted by atomic mass is 32.2. The highest BCUT2D eigenvalue weighted by molar-refractivity contribution is 8.00. The number of benzene rings is 2. The molecule has 2 aromatic carbocycles. The van der Waals surface area contributed by atoms with Crippen LogP contribution in [-0.4, -0.2) is 67.8 Å². The van der Waals surface area contributed by atoms with Gasteiger partial charge in [-0.05, 0) is 31.2 Å². The molecular weight excluding hydrogens is 426 g/mol. The second kappa shape index (κ2) is 11.6. The molecular formula is C24H29N3O4S. The number of ether oxygens (including phenoxy) is 1. The van der Waals surface area contributed by atoms with Crippen LogP contribution in [0.1, 0.15) is 23.7 Å². The molecule has 1 unspecified atom stereocenters. The van der Waals surface area contributed by atoms with Crippen molar-refractivity contribution in [3.63, 3.8) is 0 Å². The maximum Gasteiger partial charge on any atom is 0.318 e. The second-order valence-electron chi connectivity index (χ2n) is 7.49. The minimum atomic E-state index is -0.426. The van der Waals surface area contributed by atoms with E-state index in [-0.39, 0.29) is 30.7 Å². The van der Waals surface area contributed by atoms with E-state index in [2.05, 4.69) is 22.3 Å². The van der Waals surface area contributed by atoms with Gasteiger partial charge in [-0.2, -0.15) is 0 Å². The number of methoxy groups -OCH3 is 1. The third-order valence-electron chi connectivity index (χ3n) is 5.35. The number of nitrogens with one attached hydrogen (secondary N) is 1. The summed E-state index contributed by atoms with van der Waals surface area (Å²) in [6, 6.07) is 17.3. The normalized spacial score (nSPS) is 14.6. The van der Waals surface area contributed by atoms with E-state index < -0.39 is 5.25 Å². The molecule has 0 spiro atoms. The van der Waals surface area contributed by atoms with Crippen LogP contribution in [0, 0.1) is 0 Å². The lowest BCUT2D eigenvalue weighted by Gasteiger charge is -2.36. The third-order valence-corrected chi connectivity index (χ3v) is 6.50. The van der Waals surface area contributed by atoms with Gasteiger partial charge >= 0.3 is 5.97 Å². The molecule has 0 saturated carbocycles. The number of thioether (sulfide) groups is 1. The molecule has 8 heteroatoms. The molecule has 1 fully saturated rings. The third kappa shape index (κ3) is 6.26. The van der Waals surface area contributed by atoms with Crippen molar-refractivity contribution in [3.8, 4) is 0 Å². The van der Waals surface area contributed by atoms with E-state index in [1.807, 2.05) is 29.2 Å². The smallest absolute Gasteiger partial charge is 0.318 e. The molecule has 1 aliphatic heterocycles. The molecule has 1 heterocycles. The first kappa shape index (κ1) is 23.7. The Labute approximate surface area is 193 Å². The van der Waals surface area contributed by atoms with Crippen molar-refractivity contribution in [3.05, 3.63) is 60.2 Å². The maximum atomic E-state index is 12.7. The minimum absolute atomic E-state index is 0.0417. The lowest BCUT2D eigenvalue weighted by Crippen LogP contribution is -2.49. The number of nitrogens with zero attached hydrogens (tertiary/aromatic N) is 2. The number of carbonyl (C=O) groups excluding carboxylic acids is 3. The van der Waals surface area contributed by atoms with Crippen LogP contribution in [0.2, 0.25) is 0 Å². The van der Waals surface area contributed by atoms with E-state index in [4.69, 9.17) is 4.74 Å². The van der Waals surface area contributed by atoms with E-state index in [1.165, 1.54) is 24.6 Å². The van der Waals surface area contributed by atoms with Crippen molar-refractivity contribution in [2.75, 3.05) is 44.7 Å². The van der Waals surface area contributed by atoms with E-state index in [0.717, 1.165) is 13.1 Å². The van der Waals surface area contributed by atoms with Crippen molar-refractivity contribution in [1.29, 1.82) is 0 Å². The summed E-state index contributed by atoms with van der Waals surface area (Å²) < 4.78 is 4.76. The Kier molecular flexibility index (Phi) is 8.56. The zero-order chi connectivity index (χ0) is 22.9. The first-order chi connectivity index (χ1) is 15.5. The molecule has 0 aromatic heterocycles. The number of rotatable bonds is 8. The Bertz CT molecular complexity index is 930. The van der Waals surface area contributed by atoms with Crippen molar-refractivity contribution in [2.45, 2.75) is 23.5 Å². The average Bonchev–Trinajstić information content (AvgIpc) is 2.84. The molecule has 7 nitrogen and oxygen atoms in total. The summed E-state index contributed by atoms with van der Waals surface area (Å²) in [5, 5.41) is 2.41. The number of piperazine rings is 1. The molecule has 2 amide bonds. The largest absolute Gasteiger partial charge is 0.468 e. The predicted molar refractivity (Wildman–Crippen MR) is 126 cm³/mol. The van der Waals surface area contributed by atoms with E-state index in [1.54, 1.807) is 25.1 Å². The van der Waals surface area contributed by atoms with Crippen molar-refractivity contribution in [2.24, 2.45) is 0 Å². The van der Waals surface area contributed by atoms with Crippen LogP contribution < -0.4 is 10.2 Å². The number of hydrogen-bond acceptors (Lipinski definition) is 6. The molecule has 0 radical (unpaired) electrons. The molecule has 2 aromatic rings. The van der Waals surface area contributed by atoms with Gasteiger partial charge < -0.3 is 19.9 Å². The molecule has 32 heavy (non-hydrogen) atoms. The van der Waals surface area contributed by atoms with Gasteiger partial charge in [0.2, 0.25) is 5.91 Å². The topological polar surface area (TPSA) is 78.9 Å². The zero-order valence-corrected chi connectivity index (χ0v) is 19.3. The Morgan fingerprint density at radius 1 is 1.00 bits per heavy atom. The first-order valence-electron chi connectivity index (χ1n) is 10.7. The Balaban J connectivity index is 1.46. The number of carbonyl (C=O) groups is 3. The molecule has 1 N–H and O–H groups in total. The highest BCUT2D eigenvalue weighted by Gasteiger charge is 2.22. The van der Waals surface area contributed by atoms with Crippen LogP contribution >= 0.6 is 11.8 Å². The van der Waals surface area contributed by atoms with Gasteiger partial charge in [-0.25, -0.2) is 0 Å². The average molecular weight is 456 g/mol. The Morgan fingerprint density at radius 2 is 1.66 bits per heavy atom. The summed E-state index contributed by atoms with van der Waals surface area (Å²) in [5.41, 5.74) is 1.65. The molecule has 170 valence electrons. The fourth-order valence-electron chi connectivity index (χ4n) is 3.55. The van der Waals surface area contributed by atoms with Gasteiger partial charge in [0.1, 0.15) is 5.25 Å². The van der Waals surface area contributed by atoms with Crippen molar-refractivity contribution in [1.82, 2.24) is 10.2 Å². The van der Waals surface area contributed by atoms with Crippen molar-refractivity contribution < 1.29 is 19.1 Å². The summed E-state index contributed by atoms with van der Waals surface area (Å²) in [5.74, 6) is -0.560. The van der Waals surface area contributed by atoms with Crippen molar-refractivity contribution >= 4 is 35.2 Å². The van der Waals surface area contributed by atoms with E-state index in [9.17, 15) is 14.4 Å². The van der Waals surface area contributed by atoms with E-state index >= 15 is 0 Å². The lowest BCUT2D eigenvalue weighted by molar-refractivity contribution is -0.139.